The molecule has 0 bridgehead atoms. The Bertz CT molecular complexity index is 640. The lowest BCUT2D eigenvalue weighted by Gasteiger charge is -2.18. The third-order valence-electron chi connectivity index (χ3n) is 2.71. The Morgan fingerprint density at radius 3 is 2.94 bits per heavy atom. The molecule has 0 fully saturated rings. The second kappa shape index (κ2) is 4.42. The molecule has 1 aromatic heterocycles. The first-order chi connectivity index (χ1) is 8.75. The van der Waals surface area contributed by atoms with Crippen molar-refractivity contribution in [2.45, 2.75) is 0 Å². The Morgan fingerprint density at radius 2 is 2.11 bits per heavy atom. The molecule has 2 heterocycles. The summed E-state index contributed by atoms with van der Waals surface area (Å²) in [4.78, 5) is 8.75. The number of nitrogen functional groups attached to an aromatic ring is 1. The number of aromatic nitrogens is 1. The van der Waals surface area contributed by atoms with E-state index in [9.17, 15) is 0 Å². The van der Waals surface area contributed by atoms with Crippen molar-refractivity contribution in [2.75, 3.05) is 12.3 Å². The summed E-state index contributed by atoms with van der Waals surface area (Å²) in [6.45, 7) is 0.417. The van der Waals surface area contributed by atoms with Gasteiger partial charge in [-0.1, -0.05) is 6.07 Å². The highest BCUT2D eigenvalue weighted by molar-refractivity contribution is 9.10. The quantitative estimate of drug-likeness (QED) is 0.651. The molecule has 90 valence electrons. The molecule has 0 amide bonds. The van der Waals surface area contributed by atoms with Crippen LogP contribution in [0.3, 0.4) is 0 Å². The predicted molar refractivity (Wildman–Crippen MR) is 74.5 cm³/mol. The number of rotatable bonds is 1. The average molecular weight is 304 g/mol. The largest absolute Gasteiger partial charge is 0.485 e. The van der Waals surface area contributed by atoms with Gasteiger partial charge in [-0.15, -0.1) is 0 Å². The molecule has 1 aliphatic heterocycles. The molecule has 5 heteroatoms. The number of para-hydroxylation sites is 1. The third-order valence-corrected chi connectivity index (χ3v) is 3.34. The van der Waals surface area contributed by atoms with Crippen LogP contribution in [-0.4, -0.2) is 17.3 Å². The normalized spacial score (nSPS) is 13.5. The zero-order chi connectivity index (χ0) is 12.5. The minimum Gasteiger partial charge on any atom is -0.485 e. The standard InChI is InChI=1S/C13H10BrN3O/c14-13-8(3-2-6-16-13)10-7-18-11-5-1-4-9(15)12(11)17-10/h1-6H,7,15H2. The Hall–Kier alpha value is -1.88. The molecule has 0 radical (unpaired) electrons. The Morgan fingerprint density at radius 1 is 1.22 bits per heavy atom. The lowest BCUT2D eigenvalue weighted by atomic mass is 10.1. The number of ether oxygens (including phenoxy) is 1. The van der Waals surface area contributed by atoms with Crippen LogP contribution >= 0.6 is 15.9 Å². The molecule has 0 spiro atoms. The molecular weight excluding hydrogens is 294 g/mol. The van der Waals surface area contributed by atoms with Crippen molar-refractivity contribution in [1.82, 2.24) is 4.98 Å². The second-order valence-corrected chi connectivity index (χ2v) is 4.63. The summed E-state index contributed by atoms with van der Waals surface area (Å²) in [7, 11) is 0. The Balaban J connectivity index is 2.12. The average Bonchev–Trinajstić information content (AvgIpc) is 2.40. The molecule has 1 aromatic carbocycles. The molecule has 0 atom stereocenters. The van der Waals surface area contributed by atoms with Gasteiger partial charge < -0.3 is 10.5 Å². The fraction of sp³-hybridized carbons (Fsp3) is 0.0769. The molecule has 0 unspecified atom stereocenters. The summed E-state index contributed by atoms with van der Waals surface area (Å²) in [5, 5.41) is 0. The molecule has 4 nitrogen and oxygen atoms in total. The molecule has 0 saturated heterocycles. The first-order valence-corrected chi connectivity index (χ1v) is 6.25. The number of nitrogens with two attached hydrogens (primary N) is 1. The van der Waals surface area contributed by atoms with E-state index < -0.39 is 0 Å². The van der Waals surface area contributed by atoms with Crippen LogP contribution in [0.4, 0.5) is 11.4 Å². The van der Waals surface area contributed by atoms with Crippen molar-refractivity contribution in [3.05, 3.63) is 46.7 Å². The molecular formula is C13H10BrN3O. The van der Waals surface area contributed by atoms with Gasteiger partial charge in [-0.05, 0) is 40.2 Å². The number of benzene rings is 1. The summed E-state index contributed by atoms with van der Waals surface area (Å²) in [5.41, 5.74) is 8.95. The number of nitrogens with zero attached hydrogens (tertiary/aromatic N) is 2. The van der Waals surface area contributed by atoms with Gasteiger partial charge in [0.2, 0.25) is 0 Å². The van der Waals surface area contributed by atoms with E-state index in [-0.39, 0.29) is 0 Å². The first kappa shape index (κ1) is 11.2. The van der Waals surface area contributed by atoms with Crippen molar-refractivity contribution in [3.8, 4) is 5.75 Å². The first-order valence-electron chi connectivity index (χ1n) is 5.45. The van der Waals surface area contributed by atoms with Gasteiger partial charge in [-0.3, -0.25) is 0 Å². The van der Waals surface area contributed by atoms with E-state index in [1.54, 1.807) is 6.20 Å². The van der Waals surface area contributed by atoms with Crippen LogP contribution in [0.2, 0.25) is 0 Å². The van der Waals surface area contributed by atoms with Crippen LogP contribution in [0, 0.1) is 0 Å². The van der Waals surface area contributed by atoms with Gasteiger partial charge in [0.15, 0.2) is 0 Å². The van der Waals surface area contributed by atoms with E-state index in [0.29, 0.717) is 18.0 Å². The topological polar surface area (TPSA) is 60.5 Å². The van der Waals surface area contributed by atoms with E-state index in [1.807, 2.05) is 30.3 Å². The van der Waals surface area contributed by atoms with E-state index in [0.717, 1.165) is 21.6 Å². The highest BCUT2D eigenvalue weighted by Crippen LogP contribution is 2.37. The van der Waals surface area contributed by atoms with Crippen LogP contribution in [0.1, 0.15) is 5.56 Å². The Labute approximate surface area is 113 Å². The fourth-order valence-corrected chi connectivity index (χ4v) is 2.31. The zero-order valence-corrected chi connectivity index (χ0v) is 11.0. The van der Waals surface area contributed by atoms with Gasteiger partial charge in [0.25, 0.3) is 0 Å². The fourth-order valence-electron chi connectivity index (χ4n) is 1.83. The SMILES string of the molecule is Nc1cccc2c1N=C(c1cccnc1Br)CO2. The maximum absolute atomic E-state index is 5.91. The molecule has 2 aromatic rings. The maximum Gasteiger partial charge on any atom is 0.147 e. The van der Waals surface area contributed by atoms with Crippen LogP contribution in [0.15, 0.2) is 46.1 Å². The predicted octanol–water partition coefficient (Wildman–Crippen LogP) is 2.94. The molecule has 0 saturated carbocycles. The van der Waals surface area contributed by atoms with Gasteiger partial charge in [0.05, 0.1) is 11.4 Å². The summed E-state index contributed by atoms with van der Waals surface area (Å²) in [5.74, 6) is 0.721. The second-order valence-electron chi connectivity index (χ2n) is 3.88. The lowest BCUT2D eigenvalue weighted by molar-refractivity contribution is 0.373. The van der Waals surface area contributed by atoms with E-state index in [1.165, 1.54) is 0 Å². The van der Waals surface area contributed by atoms with Crippen LogP contribution in [0.5, 0.6) is 5.75 Å². The number of hydrogen-bond acceptors (Lipinski definition) is 4. The minimum absolute atomic E-state index is 0.417. The van der Waals surface area contributed by atoms with E-state index >= 15 is 0 Å². The molecule has 0 aliphatic carbocycles. The van der Waals surface area contributed by atoms with Crippen molar-refractivity contribution in [3.63, 3.8) is 0 Å². The summed E-state index contributed by atoms with van der Waals surface area (Å²) < 4.78 is 6.42. The Kier molecular flexibility index (Phi) is 2.76. The summed E-state index contributed by atoms with van der Waals surface area (Å²) in [6.07, 6.45) is 1.72. The van der Waals surface area contributed by atoms with Gasteiger partial charge in [0, 0.05) is 11.8 Å². The van der Waals surface area contributed by atoms with Gasteiger partial charge >= 0.3 is 0 Å². The van der Waals surface area contributed by atoms with E-state index in [2.05, 4.69) is 25.9 Å². The van der Waals surface area contributed by atoms with Gasteiger partial charge in [-0.25, -0.2) is 9.98 Å². The monoisotopic (exact) mass is 303 g/mol. The zero-order valence-electron chi connectivity index (χ0n) is 9.43. The van der Waals surface area contributed by atoms with Crippen LogP contribution in [0.25, 0.3) is 0 Å². The summed E-state index contributed by atoms with van der Waals surface area (Å²) in [6, 6.07) is 9.35. The van der Waals surface area contributed by atoms with Crippen molar-refractivity contribution in [2.24, 2.45) is 4.99 Å². The minimum atomic E-state index is 0.417. The van der Waals surface area contributed by atoms with Crippen molar-refractivity contribution >= 4 is 33.0 Å². The highest BCUT2D eigenvalue weighted by Gasteiger charge is 2.18. The highest BCUT2D eigenvalue weighted by atomic mass is 79.9. The van der Waals surface area contributed by atoms with Crippen LogP contribution < -0.4 is 10.5 Å². The van der Waals surface area contributed by atoms with Crippen molar-refractivity contribution in [1.29, 1.82) is 0 Å². The summed E-state index contributed by atoms with van der Waals surface area (Å²) >= 11 is 3.41. The molecule has 1 aliphatic rings. The third kappa shape index (κ3) is 1.86. The van der Waals surface area contributed by atoms with Gasteiger partial charge in [0.1, 0.15) is 22.6 Å². The molecule has 18 heavy (non-hydrogen) atoms. The number of aliphatic imine (C=N–C) groups is 1. The molecule has 3 rings (SSSR count). The number of halogens is 1. The smallest absolute Gasteiger partial charge is 0.147 e. The van der Waals surface area contributed by atoms with Crippen molar-refractivity contribution < 1.29 is 4.74 Å². The number of fused-ring (bicyclic) bond motifs is 1. The van der Waals surface area contributed by atoms with Gasteiger partial charge in [-0.2, -0.15) is 0 Å². The van der Waals surface area contributed by atoms with Crippen LogP contribution in [-0.2, 0) is 0 Å². The van der Waals surface area contributed by atoms with E-state index in [4.69, 9.17) is 10.5 Å². The molecule has 2 N–H and O–H groups in total. The number of anilines is 1. The lowest BCUT2D eigenvalue weighted by Crippen LogP contribution is -2.17. The number of pyridine rings is 1. The number of hydrogen-bond donors (Lipinski definition) is 1. The maximum atomic E-state index is 5.91.